The summed E-state index contributed by atoms with van der Waals surface area (Å²) >= 11 is 0. The molecule has 2 aliphatic heterocycles. The van der Waals surface area contributed by atoms with Crippen LogP contribution in [0.4, 0.5) is 0 Å². The molecule has 2 heterocycles. The molecule has 106 valence electrons. The van der Waals surface area contributed by atoms with Gasteiger partial charge in [-0.2, -0.15) is 0 Å². The molecule has 1 N–H and O–H groups in total. The summed E-state index contributed by atoms with van der Waals surface area (Å²) in [5.74, 6) is 2.63. The van der Waals surface area contributed by atoms with Crippen LogP contribution in [0.2, 0.25) is 0 Å². The average molecular weight is 252 g/mol. The summed E-state index contributed by atoms with van der Waals surface area (Å²) in [7, 11) is 0. The van der Waals surface area contributed by atoms with E-state index in [1.54, 1.807) is 0 Å². The SMILES string of the molecule is CC1CC(C)CN(CC(C)(C)C2CCCNC2)C1. The number of nitrogens with one attached hydrogen (secondary N) is 1. The van der Waals surface area contributed by atoms with Gasteiger partial charge < -0.3 is 10.2 Å². The van der Waals surface area contributed by atoms with E-state index >= 15 is 0 Å². The third-order valence-corrected chi connectivity index (χ3v) is 4.98. The molecule has 0 saturated carbocycles. The smallest absolute Gasteiger partial charge is 0.00360 e. The molecule has 2 aliphatic rings. The van der Waals surface area contributed by atoms with E-state index in [1.165, 1.54) is 52.0 Å². The van der Waals surface area contributed by atoms with Gasteiger partial charge in [-0.05, 0) is 55.5 Å². The third kappa shape index (κ3) is 3.71. The van der Waals surface area contributed by atoms with E-state index < -0.39 is 0 Å². The average Bonchev–Trinajstić information content (AvgIpc) is 2.28. The number of hydrogen-bond acceptors (Lipinski definition) is 2. The molecule has 0 aromatic rings. The predicted octanol–water partition coefficient (Wildman–Crippen LogP) is 2.99. The van der Waals surface area contributed by atoms with Gasteiger partial charge in [-0.1, -0.05) is 27.7 Å². The Morgan fingerprint density at radius 3 is 2.39 bits per heavy atom. The quantitative estimate of drug-likeness (QED) is 0.831. The first-order valence-corrected chi connectivity index (χ1v) is 7.90. The van der Waals surface area contributed by atoms with Gasteiger partial charge in [0.25, 0.3) is 0 Å². The Morgan fingerprint density at radius 2 is 1.83 bits per heavy atom. The molecule has 3 atom stereocenters. The second kappa shape index (κ2) is 5.92. The molecule has 18 heavy (non-hydrogen) atoms. The Bertz CT molecular complexity index is 246. The normalized spacial score (nSPS) is 35.7. The maximum atomic E-state index is 3.58. The predicted molar refractivity (Wildman–Crippen MR) is 78.8 cm³/mol. The Balaban J connectivity index is 1.89. The Morgan fingerprint density at radius 1 is 1.17 bits per heavy atom. The standard InChI is InChI=1S/C16H32N2/c1-13-8-14(2)11-18(10-13)12-16(3,4)15-6-5-7-17-9-15/h13-15,17H,5-12H2,1-4H3. The minimum atomic E-state index is 0.462. The molecule has 0 bridgehead atoms. The Hall–Kier alpha value is -0.0800. The molecule has 0 spiro atoms. The zero-order chi connectivity index (χ0) is 13.2. The fraction of sp³-hybridized carbons (Fsp3) is 1.00. The van der Waals surface area contributed by atoms with Crippen LogP contribution in [0.25, 0.3) is 0 Å². The van der Waals surface area contributed by atoms with Crippen molar-refractivity contribution in [2.45, 2.75) is 47.0 Å². The Kier molecular flexibility index (Phi) is 4.71. The van der Waals surface area contributed by atoms with Crippen molar-refractivity contribution >= 4 is 0 Å². The highest BCUT2D eigenvalue weighted by atomic mass is 15.1. The number of hydrogen-bond donors (Lipinski definition) is 1. The molecular formula is C16H32N2. The lowest BCUT2D eigenvalue weighted by Gasteiger charge is -2.44. The van der Waals surface area contributed by atoms with Crippen LogP contribution in [-0.4, -0.2) is 37.6 Å². The second-order valence-corrected chi connectivity index (χ2v) is 7.67. The molecule has 2 fully saturated rings. The summed E-state index contributed by atoms with van der Waals surface area (Å²) in [5, 5.41) is 3.58. The number of nitrogens with zero attached hydrogens (tertiary/aromatic N) is 1. The summed E-state index contributed by atoms with van der Waals surface area (Å²) in [6.45, 7) is 16.2. The van der Waals surface area contributed by atoms with Gasteiger partial charge in [-0.15, -0.1) is 0 Å². The van der Waals surface area contributed by atoms with Crippen molar-refractivity contribution in [2.24, 2.45) is 23.2 Å². The van der Waals surface area contributed by atoms with Crippen LogP contribution in [0.1, 0.15) is 47.0 Å². The van der Waals surface area contributed by atoms with Gasteiger partial charge >= 0.3 is 0 Å². The van der Waals surface area contributed by atoms with Crippen LogP contribution < -0.4 is 5.32 Å². The molecule has 2 rings (SSSR count). The number of piperidine rings is 2. The first-order chi connectivity index (χ1) is 8.47. The summed E-state index contributed by atoms with van der Waals surface area (Å²) < 4.78 is 0. The van der Waals surface area contributed by atoms with Gasteiger partial charge in [0.1, 0.15) is 0 Å². The zero-order valence-electron chi connectivity index (χ0n) is 12.8. The van der Waals surface area contributed by atoms with Crippen LogP contribution in [0.3, 0.4) is 0 Å². The van der Waals surface area contributed by atoms with E-state index in [4.69, 9.17) is 0 Å². The summed E-state index contributed by atoms with van der Waals surface area (Å²) in [4.78, 5) is 2.73. The van der Waals surface area contributed by atoms with Crippen LogP contribution in [0.15, 0.2) is 0 Å². The van der Waals surface area contributed by atoms with Crippen LogP contribution in [0, 0.1) is 23.2 Å². The van der Waals surface area contributed by atoms with E-state index in [2.05, 4.69) is 37.9 Å². The minimum Gasteiger partial charge on any atom is -0.316 e. The molecule has 2 saturated heterocycles. The molecule has 2 nitrogen and oxygen atoms in total. The third-order valence-electron chi connectivity index (χ3n) is 4.98. The molecular weight excluding hydrogens is 220 g/mol. The number of rotatable bonds is 3. The van der Waals surface area contributed by atoms with Crippen molar-refractivity contribution in [3.63, 3.8) is 0 Å². The second-order valence-electron chi connectivity index (χ2n) is 7.67. The largest absolute Gasteiger partial charge is 0.316 e. The number of likely N-dealkylation sites (tertiary alicyclic amines) is 1. The molecule has 2 heteroatoms. The van der Waals surface area contributed by atoms with Gasteiger partial charge in [0.2, 0.25) is 0 Å². The fourth-order valence-electron chi connectivity index (χ4n) is 4.15. The van der Waals surface area contributed by atoms with Crippen molar-refractivity contribution in [2.75, 3.05) is 32.7 Å². The van der Waals surface area contributed by atoms with Gasteiger partial charge in [-0.25, -0.2) is 0 Å². The maximum Gasteiger partial charge on any atom is 0.00360 e. The monoisotopic (exact) mass is 252 g/mol. The van der Waals surface area contributed by atoms with E-state index in [1.807, 2.05) is 0 Å². The lowest BCUT2D eigenvalue weighted by molar-refractivity contribution is 0.0585. The molecule has 0 aromatic carbocycles. The van der Waals surface area contributed by atoms with E-state index in [0.717, 1.165) is 17.8 Å². The highest BCUT2D eigenvalue weighted by Crippen LogP contribution is 2.34. The fourth-order valence-corrected chi connectivity index (χ4v) is 4.15. The van der Waals surface area contributed by atoms with Gasteiger partial charge in [-0.3, -0.25) is 0 Å². The molecule has 0 aliphatic carbocycles. The van der Waals surface area contributed by atoms with Gasteiger partial charge in [0, 0.05) is 19.6 Å². The maximum absolute atomic E-state index is 3.58. The summed E-state index contributed by atoms with van der Waals surface area (Å²) in [6.07, 6.45) is 4.20. The highest BCUT2D eigenvalue weighted by molar-refractivity contribution is 4.87. The van der Waals surface area contributed by atoms with Crippen LogP contribution in [-0.2, 0) is 0 Å². The summed E-state index contributed by atoms with van der Waals surface area (Å²) in [6, 6.07) is 0. The molecule has 0 aromatic heterocycles. The van der Waals surface area contributed by atoms with E-state index in [0.29, 0.717) is 5.41 Å². The topological polar surface area (TPSA) is 15.3 Å². The van der Waals surface area contributed by atoms with E-state index in [9.17, 15) is 0 Å². The first kappa shape index (κ1) is 14.3. The van der Waals surface area contributed by atoms with Crippen molar-refractivity contribution in [1.29, 1.82) is 0 Å². The van der Waals surface area contributed by atoms with Crippen molar-refractivity contribution < 1.29 is 0 Å². The van der Waals surface area contributed by atoms with E-state index in [-0.39, 0.29) is 0 Å². The first-order valence-electron chi connectivity index (χ1n) is 7.90. The van der Waals surface area contributed by atoms with Crippen molar-refractivity contribution in [1.82, 2.24) is 10.2 Å². The van der Waals surface area contributed by atoms with Crippen molar-refractivity contribution in [3.05, 3.63) is 0 Å². The van der Waals surface area contributed by atoms with Crippen LogP contribution >= 0.6 is 0 Å². The molecule has 3 unspecified atom stereocenters. The summed E-state index contributed by atoms with van der Waals surface area (Å²) in [5.41, 5.74) is 0.462. The van der Waals surface area contributed by atoms with Crippen LogP contribution in [0.5, 0.6) is 0 Å². The van der Waals surface area contributed by atoms with Gasteiger partial charge in [0.15, 0.2) is 0 Å². The lowest BCUT2D eigenvalue weighted by atomic mass is 9.74. The highest BCUT2D eigenvalue weighted by Gasteiger charge is 2.34. The Labute approximate surface area is 114 Å². The zero-order valence-corrected chi connectivity index (χ0v) is 12.8. The minimum absolute atomic E-state index is 0.462. The molecule has 0 amide bonds. The van der Waals surface area contributed by atoms with Gasteiger partial charge in [0.05, 0.1) is 0 Å². The molecule has 0 radical (unpaired) electrons. The lowest BCUT2D eigenvalue weighted by Crippen LogP contribution is -2.48. The van der Waals surface area contributed by atoms with Crippen molar-refractivity contribution in [3.8, 4) is 0 Å².